The standard InChI is InChI=1S/C13H13NO4S2/c15-13(16)9-11(12-7-4-8-19-12)14-20(17,18)10-5-2-1-3-6-10/h1-8,11,14H,9H2,(H,15,16). The quantitative estimate of drug-likeness (QED) is 0.857. The van der Waals surface area contributed by atoms with Crippen LogP contribution in [0.25, 0.3) is 0 Å². The summed E-state index contributed by atoms with van der Waals surface area (Å²) in [6, 6.07) is 10.6. The molecule has 1 aromatic carbocycles. The monoisotopic (exact) mass is 311 g/mol. The number of hydrogen-bond donors (Lipinski definition) is 2. The summed E-state index contributed by atoms with van der Waals surface area (Å²) in [5, 5.41) is 10.7. The van der Waals surface area contributed by atoms with Crippen molar-refractivity contribution in [1.29, 1.82) is 0 Å². The highest BCUT2D eigenvalue weighted by Crippen LogP contribution is 2.24. The van der Waals surface area contributed by atoms with E-state index in [1.807, 2.05) is 0 Å². The summed E-state index contributed by atoms with van der Waals surface area (Å²) in [4.78, 5) is 11.7. The van der Waals surface area contributed by atoms with E-state index >= 15 is 0 Å². The lowest BCUT2D eigenvalue weighted by atomic mass is 10.2. The van der Waals surface area contributed by atoms with E-state index in [1.165, 1.54) is 23.5 Å². The van der Waals surface area contributed by atoms with Gasteiger partial charge in [-0.2, -0.15) is 0 Å². The molecule has 0 spiro atoms. The van der Waals surface area contributed by atoms with Crippen LogP contribution in [0.1, 0.15) is 17.3 Å². The minimum Gasteiger partial charge on any atom is -0.481 e. The van der Waals surface area contributed by atoms with Gasteiger partial charge < -0.3 is 5.11 Å². The van der Waals surface area contributed by atoms with Crippen molar-refractivity contribution in [3.05, 3.63) is 52.7 Å². The Hall–Kier alpha value is -1.70. The number of carbonyl (C=O) groups is 1. The van der Waals surface area contributed by atoms with E-state index < -0.39 is 22.0 Å². The Kier molecular flexibility index (Phi) is 4.53. The van der Waals surface area contributed by atoms with Crippen LogP contribution >= 0.6 is 11.3 Å². The van der Waals surface area contributed by atoms with Gasteiger partial charge in [-0.1, -0.05) is 24.3 Å². The Morgan fingerprint density at radius 1 is 1.20 bits per heavy atom. The number of thiophene rings is 1. The van der Waals surface area contributed by atoms with Crippen LogP contribution in [0.5, 0.6) is 0 Å². The Bertz CT molecular complexity index is 666. The van der Waals surface area contributed by atoms with Crippen LogP contribution in [0.3, 0.4) is 0 Å². The third-order valence-corrected chi connectivity index (χ3v) is 5.09. The average Bonchev–Trinajstić information content (AvgIpc) is 2.92. The van der Waals surface area contributed by atoms with E-state index in [0.29, 0.717) is 4.88 Å². The summed E-state index contributed by atoms with van der Waals surface area (Å²) in [6.07, 6.45) is -0.299. The fourth-order valence-electron chi connectivity index (χ4n) is 1.72. The second-order valence-electron chi connectivity index (χ2n) is 4.10. The SMILES string of the molecule is O=C(O)CC(NS(=O)(=O)c1ccccc1)c1cccs1. The highest BCUT2D eigenvalue weighted by atomic mass is 32.2. The molecule has 0 aliphatic heterocycles. The molecule has 0 radical (unpaired) electrons. The molecule has 0 saturated carbocycles. The lowest BCUT2D eigenvalue weighted by Crippen LogP contribution is -2.29. The largest absolute Gasteiger partial charge is 0.481 e. The zero-order chi connectivity index (χ0) is 14.6. The zero-order valence-corrected chi connectivity index (χ0v) is 12.0. The minimum absolute atomic E-state index is 0.118. The van der Waals surface area contributed by atoms with Gasteiger partial charge in [-0.05, 0) is 23.6 Å². The lowest BCUT2D eigenvalue weighted by Gasteiger charge is -2.15. The van der Waals surface area contributed by atoms with Crippen LogP contribution in [0.15, 0.2) is 52.7 Å². The number of hydrogen-bond acceptors (Lipinski definition) is 4. The summed E-state index contributed by atoms with van der Waals surface area (Å²) in [5.74, 6) is -1.06. The van der Waals surface area contributed by atoms with E-state index in [4.69, 9.17) is 5.11 Å². The fourth-order valence-corrected chi connectivity index (χ4v) is 3.81. The van der Waals surface area contributed by atoms with Gasteiger partial charge in [0.05, 0.1) is 17.4 Å². The minimum atomic E-state index is -3.74. The van der Waals surface area contributed by atoms with Crippen molar-refractivity contribution in [2.45, 2.75) is 17.4 Å². The van der Waals surface area contributed by atoms with Crippen molar-refractivity contribution in [1.82, 2.24) is 4.72 Å². The van der Waals surface area contributed by atoms with E-state index in [2.05, 4.69) is 4.72 Å². The van der Waals surface area contributed by atoms with Crippen molar-refractivity contribution in [2.75, 3.05) is 0 Å². The normalized spacial score (nSPS) is 13.0. The van der Waals surface area contributed by atoms with Crippen LogP contribution in [0, 0.1) is 0 Å². The smallest absolute Gasteiger partial charge is 0.305 e. The van der Waals surface area contributed by atoms with Gasteiger partial charge in [0.2, 0.25) is 10.0 Å². The molecule has 5 nitrogen and oxygen atoms in total. The maximum Gasteiger partial charge on any atom is 0.305 e. The summed E-state index contributed by atoms with van der Waals surface area (Å²) in [5.41, 5.74) is 0. The van der Waals surface area contributed by atoms with Gasteiger partial charge in [-0.3, -0.25) is 4.79 Å². The van der Waals surface area contributed by atoms with Gasteiger partial charge in [-0.25, -0.2) is 13.1 Å². The third-order valence-electron chi connectivity index (χ3n) is 2.62. The van der Waals surface area contributed by atoms with Crippen LogP contribution in [0.4, 0.5) is 0 Å². The predicted molar refractivity (Wildman–Crippen MR) is 76.1 cm³/mol. The van der Waals surface area contributed by atoms with Gasteiger partial charge >= 0.3 is 5.97 Å². The Balaban J connectivity index is 2.26. The molecule has 20 heavy (non-hydrogen) atoms. The first-order valence-corrected chi connectivity index (χ1v) is 8.18. The van der Waals surface area contributed by atoms with E-state index in [0.717, 1.165) is 0 Å². The van der Waals surface area contributed by atoms with Gasteiger partial charge in [0, 0.05) is 4.88 Å². The van der Waals surface area contributed by atoms with Crippen molar-refractivity contribution in [3.63, 3.8) is 0 Å². The third kappa shape index (κ3) is 3.66. The molecule has 0 saturated heterocycles. The van der Waals surface area contributed by atoms with Gasteiger partial charge in [0.25, 0.3) is 0 Å². The molecule has 1 unspecified atom stereocenters. The van der Waals surface area contributed by atoms with Crippen LogP contribution < -0.4 is 4.72 Å². The molecule has 2 rings (SSSR count). The Morgan fingerprint density at radius 3 is 2.45 bits per heavy atom. The van der Waals surface area contributed by atoms with Crippen LogP contribution in [-0.2, 0) is 14.8 Å². The number of benzene rings is 1. The summed E-state index contributed by atoms with van der Waals surface area (Å²) in [7, 11) is -3.74. The molecule has 1 atom stereocenters. The average molecular weight is 311 g/mol. The Labute approximate surface area is 120 Å². The first kappa shape index (κ1) is 14.7. The number of carboxylic acids is 1. The van der Waals surface area contributed by atoms with Crippen molar-refractivity contribution in [3.8, 4) is 0 Å². The maximum absolute atomic E-state index is 12.2. The van der Waals surface area contributed by atoms with E-state index in [-0.39, 0.29) is 11.3 Å². The molecule has 0 aliphatic carbocycles. The molecule has 2 N–H and O–H groups in total. The van der Waals surface area contributed by atoms with Gasteiger partial charge in [-0.15, -0.1) is 11.3 Å². The van der Waals surface area contributed by atoms with Crippen molar-refractivity contribution < 1.29 is 18.3 Å². The molecule has 1 heterocycles. The number of nitrogens with one attached hydrogen (secondary N) is 1. The van der Waals surface area contributed by atoms with E-state index in [9.17, 15) is 13.2 Å². The highest BCUT2D eigenvalue weighted by molar-refractivity contribution is 7.89. The highest BCUT2D eigenvalue weighted by Gasteiger charge is 2.24. The number of carboxylic acid groups (broad SMARTS) is 1. The number of aliphatic carboxylic acids is 1. The summed E-state index contributed by atoms with van der Waals surface area (Å²) in [6.45, 7) is 0. The molecule has 0 bridgehead atoms. The second-order valence-corrected chi connectivity index (χ2v) is 6.79. The molecule has 7 heteroatoms. The molecule has 0 aliphatic rings. The topological polar surface area (TPSA) is 83.5 Å². The fraction of sp³-hybridized carbons (Fsp3) is 0.154. The summed E-state index contributed by atoms with van der Waals surface area (Å²) >= 11 is 1.32. The first-order chi connectivity index (χ1) is 9.49. The van der Waals surface area contributed by atoms with Crippen molar-refractivity contribution in [2.24, 2.45) is 0 Å². The molecule has 0 fully saturated rings. The lowest BCUT2D eigenvalue weighted by molar-refractivity contribution is -0.137. The molecule has 1 aromatic heterocycles. The summed E-state index contributed by atoms with van der Waals surface area (Å²) < 4.78 is 26.9. The van der Waals surface area contributed by atoms with Gasteiger partial charge in [0.1, 0.15) is 0 Å². The predicted octanol–water partition coefficient (Wildman–Crippen LogP) is 2.24. The second kappa shape index (κ2) is 6.17. The maximum atomic E-state index is 12.2. The van der Waals surface area contributed by atoms with Crippen LogP contribution in [0.2, 0.25) is 0 Å². The molecular weight excluding hydrogens is 298 g/mol. The number of sulfonamides is 1. The number of rotatable bonds is 6. The first-order valence-electron chi connectivity index (χ1n) is 5.81. The molecular formula is C13H13NO4S2. The molecule has 106 valence electrons. The molecule has 0 amide bonds. The molecule has 2 aromatic rings. The van der Waals surface area contributed by atoms with Crippen LogP contribution in [-0.4, -0.2) is 19.5 Å². The zero-order valence-electron chi connectivity index (χ0n) is 10.4. The van der Waals surface area contributed by atoms with E-state index in [1.54, 1.807) is 35.7 Å². The van der Waals surface area contributed by atoms with Crippen molar-refractivity contribution >= 4 is 27.3 Å². The van der Waals surface area contributed by atoms with Gasteiger partial charge in [0.15, 0.2) is 0 Å². The Morgan fingerprint density at radius 2 is 1.90 bits per heavy atom.